The number of methoxy groups -OCH3 is 2. The molecular weight excluding hydrogens is 346 g/mol. The number of ether oxygens (including phenoxy) is 2. The molecule has 3 rings (SSSR count). The van der Waals surface area contributed by atoms with Crippen LogP contribution in [0, 0.1) is 0 Å². The van der Waals surface area contributed by atoms with Gasteiger partial charge in [0, 0.05) is 16.8 Å². The van der Waals surface area contributed by atoms with Gasteiger partial charge in [0.2, 0.25) is 0 Å². The molecule has 0 atom stereocenters. The Morgan fingerprint density at radius 3 is 2.60 bits per heavy atom. The van der Waals surface area contributed by atoms with Crippen molar-refractivity contribution in [2.45, 2.75) is 0 Å². The molecule has 1 heterocycles. The Morgan fingerprint density at radius 2 is 1.92 bits per heavy atom. The fraction of sp³-hybridized carbons (Fsp3) is 0.125. The van der Waals surface area contributed by atoms with Crippen molar-refractivity contribution in [3.8, 4) is 17.2 Å². The quantitative estimate of drug-likeness (QED) is 0.752. The normalized spacial score (nSPS) is 10.4. The molecule has 0 radical (unpaired) electrons. The van der Waals surface area contributed by atoms with Gasteiger partial charge in [-0.3, -0.25) is 4.79 Å². The highest BCUT2D eigenvalue weighted by Gasteiger charge is 2.15. The van der Waals surface area contributed by atoms with Crippen molar-refractivity contribution in [3.63, 3.8) is 0 Å². The summed E-state index contributed by atoms with van der Waals surface area (Å²) in [6, 6.07) is 9.93. The Balaban J connectivity index is 1.92. The summed E-state index contributed by atoms with van der Waals surface area (Å²) in [5.74, 6) is 0.743. The van der Waals surface area contributed by atoms with Gasteiger partial charge in [-0.15, -0.1) is 5.10 Å². The van der Waals surface area contributed by atoms with E-state index < -0.39 is 0 Å². The average molecular weight is 360 g/mol. The number of nitrogens with one attached hydrogen (secondary N) is 1. The molecule has 9 heteroatoms. The Kier molecular flexibility index (Phi) is 4.80. The Bertz CT molecular complexity index is 899. The highest BCUT2D eigenvalue weighted by Crippen LogP contribution is 2.30. The average Bonchev–Trinajstić information content (AvgIpc) is 3.16. The van der Waals surface area contributed by atoms with Gasteiger partial charge in [0.1, 0.15) is 6.33 Å². The van der Waals surface area contributed by atoms with Crippen LogP contribution in [0.15, 0.2) is 42.7 Å². The predicted octanol–water partition coefficient (Wildman–Crippen LogP) is 2.59. The maximum atomic E-state index is 12.7. The van der Waals surface area contributed by atoms with E-state index >= 15 is 0 Å². The lowest BCUT2D eigenvalue weighted by Gasteiger charge is -2.12. The highest BCUT2D eigenvalue weighted by molar-refractivity contribution is 6.31. The number of nitrogens with zero attached hydrogens (tertiary/aromatic N) is 4. The van der Waals surface area contributed by atoms with Crippen LogP contribution in [0.2, 0.25) is 5.02 Å². The molecule has 25 heavy (non-hydrogen) atoms. The summed E-state index contributed by atoms with van der Waals surface area (Å²) in [6.45, 7) is 0. The van der Waals surface area contributed by atoms with E-state index in [1.165, 1.54) is 18.1 Å². The van der Waals surface area contributed by atoms with E-state index in [1.54, 1.807) is 43.5 Å². The van der Waals surface area contributed by atoms with Crippen LogP contribution in [0.1, 0.15) is 10.4 Å². The molecule has 0 unspecified atom stereocenters. The van der Waals surface area contributed by atoms with Gasteiger partial charge >= 0.3 is 0 Å². The molecule has 0 aliphatic heterocycles. The molecule has 2 aromatic carbocycles. The Hall–Kier alpha value is -3.13. The molecule has 0 bridgehead atoms. The van der Waals surface area contributed by atoms with Crippen molar-refractivity contribution in [2.24, 2.45) is 0 Å². The third kappa shape index (κ3) is 3.53. The zero-order valence-electron chi connectivity index (χ0n) is 13.4. The maximum Gasteiger partial charge on any atom is 0.257 e. The number of anilines is 1. The van der Waals surface area contributed by atoms with E-state index in [9.17, 15) is 4.79 Å². The van der Waals surface area contributed by atoms with Crippen molar-refractivity contribution < 1.29 is 14.3 Å². The van der Waals surface area contributed by atoms with E-state index in [1.807, 2.05) is 0 Å². The van der Waals surface area contributed by atoms with Crippen LogP contribution < -0.4 is 14.8 Å². The molecule has 0 aliphatic carbocycles. The molecular formula is C16H14ClN5O3. The first-order chi connectivity index (χ1) is 12.1. The number of carbonyl (C=O) groups excluding carboxylic acids is 1. The number of amides is 1. The molecule has 0 fully saturated rings. The van der Waals surface area contributed by atoms with Crippen molar-refractivity contribution >= 4 is 23.2 Å². The number of hydrogen-bond donors (Lipinski definition) is 1. The summed E-state index contributed by atoms with van der Waals surface area (Å²) < 4.78 is 11.8. The van der Waals surface area contributed by atoms with Gasteiger partial charge in [0.05, 0.1) is 25.5 Å². The van der Waals surface area contributed by atoms with Crippen molar-refractivity contribution in [1.82, 2.24) is 20.2 Å². The zero-order chi connectivity index (χ0) is 17.8. The van der Waals surface area contributed by atoms with Gasteiger partial charge in [0.15, 0.2) is 11.5 Å². The largest absolute Gasteiger partial charge is 0.493 e. The Morgan fingerprint density at radius 1 is 1.12 bits per heavy atom. The molecule has 128 valence electrons. The van der Waals surface area contributed by atoms with Gasteiger partial charge in [-0.05, 0) is 40.8 Å². The second-order valence-corrected chi connectivity index (χ2v) is 5.38. The van der Waals surface area contributed by atoms with Crippen LogP contribution >= 0.6 is 11.6 Å². The number of hydrogen-bond acceptors (Lipinski definition) is 6. The second kappa shape index (κ2) is 7.18. The van der Waals surface area contributed by atoms with Crippen molar-refractivity contribution in [3.05, 3.63) is 53.3 Å². The van der Waals surface area contributed by atoms with E-state index in [2.05, 4.69) is 20.8 Å². The van der Waals surface area contributed by atoms with Gasteiger partial charge in [0.25, 0.3) is 5.91 Å². The van der Waals surface area contributed by atoms with Crippen LogP contribution in [0.5, 0.6) is 11.5 Å². The van der Waals surface area contributed by atoms with E-state index in [0.29, 0.717) is 33.5 Å². The molecule has 8 nitrogen and oxygen atoms in total. The van der Waals surface area contributed by atoms with Crippen LogP contribution in [-0.4, -0.2) is 40.3 Å². The van der Waals surface area contributed by atoms with Gasteiger partial charge < -0.3 is 14.8 Å². The molecule has 0 spiro atoms. The maximum absolute atomic E-state index is 12.7. The lowest BCUT2D eigenvalue weighted by molar-refractivity contribution is 0.102. The third-order valence-corrected chi connectivity index (χ3v) is 3.68. The fourth-order valence-corrected chi connectivity index (χ4v) is 2.44. The minimum absolute atomic E-state index is 0.339. The van der Waals surface area contributed by atoms with E-state index in [4.69, 9.17) is 21.1 Å². The first-order valence-electron chi connectivity index (χ1n) is 7.18. The predicted molar refractivity (Wildman–Crippen MR) is 91.7 cm³/mol. The highest BCUT2D eigenvalue weighted by atomic mass is 35.5. The number of halogens is 1. The fourth-order valence-electron chi connectivity index (χ4n) is 2.27. The summed E-state index contributed by atoms with van der Waals surface area (Å²) in [5.41, 5.74) is 1.39. The lowest BCUT2D eigenvalue weighted by atomic mass is 10.1. The van der Waals surface area contributed by atoms with E-state index in [-0.39, 0.29) is 5.91 Å². The summed E-state index contributed by atoms with van der Waals surface area (Å²) in [7, 11) is 3.07. The topological polar surface area (TPSA) is 91.2 Å². The number of tetrazole rings is 1. The molecule has 3 aromatic rings. The first-order valence-corrected chi connectivity index (χ1v) is 7.56. The van der Waals surface area contributed by atoms with Crippen LogP contribution in [0.25, 0.3) is 5.69 Å². The SMILES string of the molecule is COc1ccc(NC(=O)c2ccc(Cl)cc2-n2cnnn2)cc1OC. The molecule has 1 aromatic heterocycles. The molecule has 0 saturated heterocycles. The van der Waals surface area contributed by atoms with Gasteiger partial charge in [-0.1, -0.05) is 11.6 Å². The summed E-state index contributed by atoms with van der Waals surface area (Å²) in [5, 5.41) is 14.2. The third-order valence-electron chi connectivity index (χ3n) is 3.44. The van der Waals surface area contributed by atoms with Gasteiger partial charge in [-0.25, -0.2) is 0 Å². The number of aromatic nitrogens is 4. The Labute approximate surface area is 148 Å². The van der Waals surface area contributed by atoms with Crippen molar-refractivity contribution in [2.75, 3.05) is 19.5 Å². The smallest absolute Gasteiger partial charge is 0.257 e. The first kappa shape index (κ1) is 16.7. The molecule has 1 amide bonds. The molecule has 0 aliphatic rings. The van der Waals surface area contributed by atoms with E-state index in [0.717, 1.165) is 0 Å². The zero-order valence-corrected chi connectivity index (χ0v) is 14.2. The van der Waals surface area contributed by atoms with Crippen molar-refractivity contribution in [1.29, 1.82) is 0 Å². The summed E-state index contributed by atoms with van der Waals surface area (Å²) in [4.78, 5) is 12.7. The lowest BCUT2D eigenvalue weighted by Crippen LogP contribution is -2.15. The number of rotatable bonds is 5. The second-order valence-electron chi connectivity index (χ2n) is 4.94. The summed E-state index contributed by atoms with van der Waals surface area (Å²) >= 11 is 6.03. The number of carbonyl (C=O) groups is 1. The van der Waals surface area contributed by atoms with Crippen LogP contribution in [0.3, 0.4) is 0 Å². The number of benzene rings is 2. The van der Waals surface area contributed by atoms with Crippen LogP contribution in [0.4, 0.5) is 5.69 Å². The molecule has 1 N–H and O–H groups in total. The van der Waals surface area contributed by atoms with Crippen LogP contribution in [-0.2, 0) is 0 Å². The monoisotopic (exact) mass is 359 g/mol. The molecule has 0 saturated carbocycles. The summed E-state index contributed by atoms with van der Waals surface area (Å²) in [6.07, 6.45) is 1.39. The minimum atomic E-state index is -0.339. The minimum Gasteiger partial charge on any atom is -0.493 e. The standard InChI is InChI=1S/C16H14ClN5O3/c1-24-14-6-4-11(8-15(14)25-2)19-16(23)12-5-3-10(17)7-13(12)22-9-18-20-21-22/h3-9H,1-2H3,(H,19,23). The van der Waals surface area contributed by atoms with Gasteiger partial charge in [-0.2, -0.15) is 4.68 Å².